The van der Waals surface area contributed by atoms with E-state index in [1.807, 2.05) is 24.6 Å². The second-order valence-corrected chi connectivity index (χ2v) is 5.73. The zero-order chi connectivity index (χ0) is 18.4. The van der Waals surface area contributed by atoms with Crippen LogP contribution in [0.1, 0.15) is 49.9 Å². The number of fused-ring (bicyclic) bond motifs is 1. The summed E-state index contributed by atoms with van der Waals surface area (Å²) in [7, 11) is 0. The molecule has 1 heterocycles. The normalized spacial score (nSPS) is 15.7. The van der Waals surface area contributed by atoms with E-state index in [1.54, 1.807) is 0 Å². The summed E-state index contributed by atoms with van der Waals surface area (Å²) in [5.41, 5.74) is 7.07. The van der Waals surface area contributed by atoms with Gasteiger partial charge in [-0.1, -0.05) is 55.7 Å². The van der Waals surface area contributed by atoms with E-state index in [0.29, 0.717) is 0 Å². The number of hydrogen-bond donors (Lipinski definition) is 1. The summed E-state index contributed by atoms with van der Waals surface area (Å²) in [5, 5.41) is 5.68. The zero-order valence-corrected chi connectivity index (χ0v) is 15.7. The van der Waals surface area contributed by atoms with Crippen molar-refractivity contribution in [3.8, 4) is 0 Å². The van der Waals surface area contributed by atoms with Gasteiger partial charge in [-0.05, 0) is 77.6 Å². The van der Waals surface area contributed by atoms with Crippen molar-refractivity contribution in [1.82, 2.24) is 5.32 Å². The maximum Gasteiger partial charge on any atom is 0.00838 e. The van der Waals surface area contributed by atoms with Gasteiger partial charge in [0, 0.05) is 12.4 Å². The standard InChI is InChI=1S/C24H27N/c1-7-13-21-22-14-15-25-16-18(10-4)24(22)20(12-6)19(11-5)23(21)17(8-2)9-3/h7-16,25H,2,4H2,1,3,5-6H3/b13-7-,17-9-,19-11-,20-12-. The molecule has 1 nitrogen and oxygen atoms in total. The molecular weight excluding hydrogens is 302 g/mol. The predicted molar refractivity (Wildman–Crippen MR) is 115 cm³/mol. The number of hydrogen-bond acceptors (Lipinski definition) is 1. The second-order valence-electron chi connectivity index (χ2n) is 5.73. The molecule has 0 aromatic heterocycles. The summed E-state index contributed by atoms with van der Waals surface area (Å²) in [6.45, 7) is 16.3. The molecule has 2 rings (SSSR count). The van der Waals surface area contributed by atoms with Gasteiger partial charge < -0.3 is 5.32 Å². The van der Waals surface area contributed by atoms with Crippen molar-refractivity contribution in [2.45, 2.75) is 27.7 Å². The van der Waals surface area contributed by atoms with Crippen LogP contribution >= 0.6 is 0 Å². The Morgan fingerprint density at radius 1 is 1.04 bits per heavy atom. The summed E-state index contributed by atoms with van der Waals surface area (Å²) in [6.07, 6.45) is 20.7. The fourth-order valence-electron chi connectivity index (χ4n) is 3.43. The van der Waals surface area contributed by atoms with Crippen LogP contribution in [0.5, 0.6) is 0 Å². The van der Waals surface area contributed by atoms with Gasteiger partial charge in [0.1, 0.15) is 0 Å². The van der Waals surface area contributed by atoms with E-state index in [4.69, 9.17) is 0 Å². The molecule has 25 heavy (non-hydrogen) atoms. The maximum atomic E-state index is 4.03. The van der Waals surface area contributed by atoms with Gasteiger partial charge >= 0.3 is 0 Å². The Kier molecular flexibility index (Phi) is 6.19. The first-order chi connectivity index (χ1) is 12.2. The van der Waals surface area contributed by atoms with E-state index in [-0.39, 0.29) is 0 Å². The highest BCUT2D eigenvalue weighted by atomic mass is 14.8. The monoisotopic (exact) mass is 329 g/mol. The average molecular weight is 329 g/mol. The SMILES string of the molecule is C=CC1=CNC=Cc2c(/C=C\C)c(/C(C=C)=C\C)c(=C\C)/c(=C/C)c21. The maximum absolute atomic E-state index is 4.03. The van der Waals surface area contributed by atoms with Gasteiger partial charge in [0.15, 0.2) is 0 Å². The third kappa shape index (κ3) is 3.23. The van der Waals surface area contributed by atoms with E-state index >= 15 is 0 Å². The van der Waals surface area contributed by atoms with Crippen LogP contribution in [0, 0.1) is 0 Å². The molecule has 0 aliphatic carbocycles. The molecule has 0 amide bonds. The molecule has 128 valence electrons. The summed E-state index contributed by atoms with van der Waals surface area (Å²) in [4.78, 5) is 0. The van der Waals surface area contributed by atoms with E-state index in [9.17, 15) is 0 Å². The second kappa shape index (κ2) is 8.34. The number of nitrogens with one attached hydrogen (secondary N) is 1. The van der Waals surface area contributed by atoms with E-state index in [1.165, 1.54) is 32.7 Å². The Balaban J connectivity index is 3.25. The molecule has 0 saturated heterocycles. The number of rotatable bonds is 4. The Bertz CT molecular complexity index is 932. The minimum Gasteiger partial charge on any atom is -0.367 e. The highest BCUT2D eigenvalue weighted by Gasteiger charge is 2.18. The lowest BCUT2D eigenvalue weighted by atomic mass is 9.85. The zero-order valence-electron chi connectivity index (χ0n) is 15.7. The molecular formula is C24H27N. The van der Waals surface area contributed by atoms with Crippen LogP contribution in [-0.4, -0.2) is 0 Å². The molecule has 1 heteroatoms. The molecule has 0 bridgehead atoms. The predicted octanol–water partition coefficient (Wildman–Crippen LogP) is 5.01. The van der Waals surface area contributed by atoms with Crippen molar-refractivity contribution < 1.29 is 0 Å². The molecule has 0 saturated carbocycles. The Morgan fingerprint density at radius 3 is 2.28 bits per heavy atom. The van der Waals surface area contributed by atoms with Crippen LogP contribution in [0.3, 0.4) is 0 Å². The lowest BCUT2D eigenvalue weighted by Crippen LogP contribution is -2.33. The molecule has 1 N–H and O–H groups in total. The van der Waals surface area contributed by atoms with Crippen LogP contribution in [0.2, 0.25) is 0 Å². The summed E-state index contributed by atoms with van der Waals surface area (Å²) in [6, 6.07) is 0. The van der Waals surface area contributed by atoms with Crippen LogP contribution in [0.4, 0.5) is 0 Å². The van der Waals surface area contributed by atoms with Crippen molar-refractivity contribution in [2.75, 3.05) is 0 Å². The van der Waals surface area contributed by atoms with Gasteiger partial charge in [-0.2, -0.15) is 0 Å². The molecule has 1 aromatic carbocycles. The minimum atomic E-state index is 1.09. The van der Waals surface area contributed by atoms with Crippen molar-refractivity contribution in [2.24, 2.45) is 0 Å². The van der Waals surface area contributed by atoms with Crippen LogP contribution in [0.15, 0.2) is 49.9 Å². The first-order valence-corrected chi connectivity index (χ1v) is 8.68. The molecule has 0 fully saturated rings. The third-order valence-electron chi connectivity index (χ3n) is 4.48. The fourth-order valence-corrected chi connectivity index (χ4v) is 3.43. The van der Waals surface area contributed by atoms with Crippen molar-refractivity contribution in [1.29, 1.82) is 0 Å². The van der Waals surface area contributed by atoms with Crippen LogP contribution in [-0.2, 0) is 0 Å². The van der Waals surface area contributed by atoms with Gasteiger partial charge in [0.25, 0.3) is 0 Å². The summed E-state index contributed by atoms with van der Waals surface area (Å²) < 4.78 is 0. The van der Waals surface area contributed by atoms with Crippen molar-refractivity contribution in [3.63, 3.8) is 0 Å². The lowest BCUT2D eigenvalue weighted by molar-refractivity contribution is 1.22. The summed E-state index contributed by atoms with van der Waals surface area (Å²) >= 11 is 0. The smallest absolute Gasteiger partial charge is 0.00838 e. The van der Waals surface area contributed by atoms with E-state index in [0.717, 1.165) is 11.1 Å². The van der Waals surface area contributed by atoms with Crippen LogP contribution < -0.4 is 15.8 Å². The molecule has 1 aliphatic heterocycles. The number of benzene rings is 1. The quantitative estimate of drug-likeness (QED) is 0.766. The van der Waals surface area contributed by atoms with Crippen molar-refractivity contribution >= 4 is 35.5 Å². The Hall–Kier alpha value is -2.80. The van der Waals surface area contributed by atoms with Gasteiger partial charge in [-0.15, -0.1) is 0 Å². The molecule has 0 unspecified atom stereocenters. The van der Waals surface area contributed by atoms with Gasteiger partial charge in [0.05, 0.1) is 0 Å². The minimum absolute atomic E-state index is 1.09. The Labute approximate surface area is 151 Å². The molecule has 0 radical (unpaired) electrons. The van der Waals surface area contributed by atoms with Gasteiger partial charge in [-0.25, -0.2) is 0 Å². The number of allylic oxidation sites excluding steroid dienone is 6. The molecule has 1 aromatic rings. The first kappa shape index (κ1) is 18.5. The average Bonchev–Trinajstić information content (AvgIpc) is 2.85. The van der Waals surface area contributed by atoms with Gasteiger partial charge in [0.2, 0.25) is 0 Å². The highest BCUT2D eigenvalue weighted by Crippen LogP contribution is 2.28. The largest absolute Gasteiger partial charge is 0.367 e. The molecule has 1 aliphatic rings. The molecule has 0 spiro atoms. The van der Waals surface area contributed by atoms with Gasteiger partial charge in [-0.3, -0.25) is 0 Å². The Morgan fingerprint density at radius 2 is 1.76 bits per heavy atom. The van der Waals surface area contributed by atoms with E-state index in [2.05, 4.69) is 82.6 Å². The molecule has 0 atom stereocenters. The summed E-state index contributed by atoms with van der Waals surface area (Å²) in [5.74, 6) is 0. The van der Waals surface area contributed by atoms with Crippen molar-refractivity contribution in [3.05, 3.63) is 82.6 Å². The fraction of sp³-hybridized carbons (Fsp3) is 0.167. The lowest BCUT2D eigenvalue weighted by Gasteiger charge is -2.18. The third-order valence-corrected chi connectivity index (χ3v) is 4.48. The van der Waals surface area contributed by atoms with E-state index < -0.39 is 0 Å². The highest BCUT2D eigenvalue weighted by molar-refractivity contribution is 5.91. The van der Waals surface area contributed by atoms with Crippen LogP contribution in [0.25, 0.3) is 35.5 Å². The first-order valence-electron chi connectivity index (χ1n) is 8.68. The topological polar surface area (TPSA) is 12.0 Å².